The third kappa shape index (κ3) is 8.67. The van der Waals surface area contributed by atoms with Crippen LogP contribution in [0.5, 0.6) is 11.6 Å². The van der Waals surface area contributed by atoms with Gasteiger partial charge >= 0.3 is 6.09 Å². The molecule has 0 spiro atoms. The number of rotatable bonds is 5. The van der Waals surface area contributed by atoms with E-state index in [0.717, 1.165) is 24.5 Å². The van der Waals surface area contributed by atoms with Crippen molar-refractivity contribution in [3.63, 3.8) is 0 Å². The van der Waals surface area contributed by atoms with Gasteiger partial charge in [-0.05, 0) is 44.9 Å². The average Bonchev–Trinajstić information content (AvgIpc) is 3.16. The predicted molar refractivity (Wildman–Crippen MR) is 136 cm³/mol. The largest absolute Gasteiger partial charge is 0.444 e. The Morgan fingerprint density at radius 2 is 2.09 bits per heavy atom. The number of aliphatic imine (C=N–C) groups is 1. The minimum atomic E-state index is -0.522. The molecular formula is C23H31FIN5O3. The summed E-state index contributed by atoms with van der Waals surface area (Å²) in [6.45, 7) is 7.48. The fraction of sp³-hybridized carbons (Fsp3) is 0.435. The number of carbonyl (C=O) groups excluding carboxylic acids is 1. The van der Waals surface area contributed by atoms with Gasteiger partial charge in [-0.25, -0.2) is 14.2 Å². The number of ether oxygens (including phenoxy) is 2. The first-order valence-corrected chi connectivity index (χ1v) is 10.6. The van der Waals surface area contributed by atoms with Crippen molar-refractivity contribution in [1.82, 2.24) is 20.5 Å². The lowest BCUT2D eigenvalue weighted by atomic mass is 10.2. The molecule has 1 atom stereocenters. The summed E-state index contributed by atoms with van der Waals surface area (Å²) in [4.78, 5) is 22.7. The standard InChI is InChI=1S/C23H30FN5O3.HI/c1-23(2,3)32-22(30)28-18-10-11-29(15-18)21(25-4)27-14-16-8-9-20(26-13-16)31-19-7-5-6-17(24)12-19;/h5-9,12-13,18H,10-11,14-15H2,1-4H3,(H,25,27)(H,28,30);1H. The minimum Gasteiger partial charge on any atom is -0.444 e. The van der Waals surface area contributed by atoms with Gasteiger partial charge in [-0.3, -0.25) is 4.99 Å². The second-order valence-electron chi connectivity index (χ2n) is 8.54. The minimum absolute atomic E-state index is 0. The molecule has 1 saturated heterocycles. The topological polar surface area (TPSA) is 88.1 Å². The highest BCUT2D eigenvalue weighted by Gasteiger charge is 2.27. The Hall–Kier alpha value is -2.63. The number of nitrogens with zero attached hydrogens (tertiary/aromatic N) is 3. The van der Waals surface area contributed by atoms with Crippen LogP contribution in [-0.2, 0) is 11.3 Å². The number of pyridine rings is 1. The van der Waals surface area contributed by atoms with Crippen LogP contribution in [0.1, 0.15) is 32.8 Å². The molecule has 0 radical (unpaired) electrons. The van der Waals surface area contributed by atoms with Crippen LogP contribution in [0.15, 0.2) is 47.6 Å². The van der Waals surface area contributed by atoms with E-state index in [4.69, 9.17) is 9.47 Å². The molecule has 1 fully saturated rings. The number of nitrogens with one attached hydrogen (secondary N) is 2. The number of hydrogen-bond donors (Lipinski definition) is 2. The Kier molecular flexibility index (Phi) is 9.69. The van der Waals surface area contributed by atoms with E-state index in [-0.39, 0.29) is 35.8 Å². The first-order chi connectivity index (χ1) is 15.2. The lowest BCUT2D eigenvalue weighted by molar-refractivity contribution is 0.0507. The quantitative estimate of drug-likeness (QED) is 0.316. The number of halogens is 2. The summed E-state index contributed by atoms with van der Waals surface area (Å²) in [6, 6.07) is 9.55. The summed E-state index contributed by atoms with van der Waals surface area (Å²) in [6.07, 6.45) is 2.11. The van der Waals surface area contributed by atoms with E-state index >= 15 is 0 Å². The van der Waals surface area contributed by atoms with Gasteiger partial charge in [-0.1, -0.05) is 12.1 Å². The number of guanidine groups is 1. The zero-order valence-corrected chi connectivity index (χ0v) is 21.6. The summed E-state index contributed by atoms with van der Waals surface area (Å²) in [7, 11) is 1.73. The fourth-order valence-corrected chi connectivity index (χ4v) is 3.29. The molecule has 0 aliphatic carbocycles. The lowest BCUT2D eigenvalue weighted by Gasteiger charge is -2.23. The number of alkyl carbamates (subject to hydrolysis) is 1. The van der Waals surface area contributed by atoms with Crippen molar-refractivity contribution in [3.05, 3.63) is 54.0 Å². The molecule has 0 saturated carbocycles. The second-order valence-corrected chi connectivity index (χ2v) is 8.54. The zero-order valence-electron chi connectivity index (χ0n) is 19.3. The van der Waals surface area contributed by atoms with E-state index in [1.165, 1.54) is 12.1 Å². The van der Waals surface area contributed by atoms with Gasteiger partial charge in [-0.2, -0.15) is 0 Å². The SMILES string of the molecule is CN=C(NCc1ccc(Oc2cccc(F)c2)nc1)N1CCC(NC(=O)OC(C)(C)C)C1.I. The highest BCUT2D eigenvalue weighted by molar-refractivity contribution is 14.0. The predicted octanol–water partition coefficient (Wildman–Crippen LogP) is 4.31. The highest BCUT2D eigenvalue weighted by atomic mass is 127. The molecule has 3 rings (SSSR count). The molecule has 10 heteroatoms. The van der Waals surface area contributed by atoms with Crippen molar-refractivity contribution >= 4 is 36.0 Å². The van der Waals surface area contributed by atoms with Gasteiger partial charge in [0, 0.05) is 45.0 Å². The van der Waals surface area contributed by atoms with Crippen LogP contribution in [0.3, 0.4) is 0 Å². The van der Waals surface area contributed by atoms with E-state index in [0.29, 0.717) is 24.7 Å². The summed E-state index contributed by atoms with van der Waals surface area (Å²) in [5, 5.41) is 6.23. The number of hydrogen-bond acceptors (Lipinski definition) is 5. The second kappa shape index (κ2) is 12.0. The molecule has 1 aliphatic rings. The van der Waals surface area contributed by atoms with Crippen molar-refractivity contribution in [3.8, 4) is 11.6 Å². The first kappa shape index (κ1) is 26.6. The van der Waals surface area contributed by atoms with Crippen molar-refractivity contribution in [1.29, 1.82) is 0 Å². The maximum Gasteiger partial charge on any atom is 0.407 e. The highest BCUT2D eigenvalue weighted by Crippen LogP contribution is 2.20. The van der Waals surface area contributed by atoms with Crippen molar-refractivity contribution in [2.75, 3.05) is 20.1 Å². The molecule has 1 amide bonds. The smallest absolute Gasteiger partial charge is 0.407 e. The molecule has 1 unspecified atom stereocenters. The molecule has 1 aliphatic heterocycles. The van der Waals surface area contributed by atoms with Gasteiger partial charge in [-0.15, -0.1) is 24.0 Å². The summed E-state index contributed by atoms with van der Waals surface area (Å²) in [5.41, 5.74) is 0.423. The van der Waals surface area contributed by atoms with E-state index < -0.39 is 11.7 Å². The van der Waals surface area contributed by atoms with Crippen LogP contribution < -0.4 is 15.4 Å². The lowest BCUT2D eigenvalue weighted by Crippen LogP contribution is -2.44. The van der Waals surface area contributed by atoms with E-state index in [9.17, 15) is 9.18 Å². The van der Waals surface area contributed by atoms with E-state index in [1.54, 1.807) is 31.4 Å². The van der Waals surface area contributed by atoms with Gasteiger partial charge in [0.25, 0.3) is 0 Å². The number of aromatic nitrogens is 1. The van der Waals surface area contributed by atoms with Crippen LogP contribution in [0, 0.1) is 5.82 Å². The average molecular weight is 571 g/mol. The van der Waals surface area contributed by atoms with Gasteiger partial charge in [0.2, 0.25) is 5.88 Å². The maximum absolute atomic E-state index is 13.3. The van der Waals surface area contributed by atoms with Gasteiger partial charge in [0.05, 0.1) is 6.04 Å². The van der Waals surface area contributed by atoms with Crippen LogP contribution in [0.4, 0.5) is 9.18 Å². The third-order valence-electron chi connectivity index (χ3n) is 4.69. The summed E-state index contributed by atoms with van der Waals surface area (Å²) >= 11 is 0. The number of likely N-dealkylation sites (tertiary alicyclic amines) is 1. The van der Waals surface area contributed by atoms with Gasteiger partial charge in [0.15, 0.2) is 5.96 Å². The third-order valence-corrected chi connectivity index (χ3v) is 4.69. The molecule has 2 heterocycles. The normalized spacial score (nSPS) is 16.1. The number of benzene rings is 1. The number of carbonyl (C=O) groups is 1. The maximum atomic E-state index is 13.3. The van der Waals surface area contributed by atoms with Gasteiger partial charge in [0.1, 0.15) is 17.2 Å². The Bertz CT molecular complexity index is 950. The van der Waals surface area contributed by atoms with Crippen LogP contribution in [0.2, 0.25) is 0 Å². The Morgan fingerprint density at radius 1 is 1.30 bits per heavy atom. The molecular weight excluding hydrogens is 540 g/mol. The first-order valence-electron chi connectivity index (χ1n) is 10.6. The summed E-state index contributed by atoms with van der Waals surface area (Å²) in [5.74, 6) is 1.17. The van der Waals surface area contributed by atoms with Gasteiger partial charge < -0.3 is 25.0 Å². The fourth-order valence-electron chi connectivity index (χ4n) is 3.29. The Labute approximate surface area is 211 Å². The van der Waals surface area contributed by atoms with Crippen molar-refractivity contribution in [2.24, 2.45) is 4.99 Å². The monoisotopic (exact) mass is 571 g/mol. The molecule has 2 aromatic rings. The summed E-state index contributed by atoms with van der Waals surface area (Å²) < 4.78 is 24.2. The zero-order chi connectivity index (χ0) is 23.1. The molecule has 180 valence electrons. The molecule has 0 bridgehead atoms. The van der Waals surface area contributed by atoms with Crippen LogP contribution in [-0.4, -0.2) is 53.7 Å². The van der Waals surface area contributed by atoms with E-state index in [1.807, 2.05) is 26.8 Å². The van der Waals surface area contributed by atoms with E-state index in [2.05, 4.69) is 25.5 Å². The molecule has 2 N–H and O–H groups in total. The Balaban J connectivity index is 0.00000385. The number of amides is 1. The molecule has 8 nitrogen and oxygen atoms in total. The molecule has 1 aromatic heterocycles. The van der Waals surface area contributed by atoms with Crippen LogP contribution >= 0.6 is 24.0 Å². The van der Waals surface area contributed by atoms with Crippen molar-refractivity contribution < 1.29 is 18.7 Å². The Morgan fingerprint density at radius 3 is 2.73 bits per heavy atom. The van der Waals surface area contributed by atoms with Crippen LogP contribution in [0.25, 0.3) is 0 Å². The molecule has 1 aromatic carbocycles. The van der Waals surface area contributed by atoms with Crippen molar-refractivity contribution in [2.45, 2.75) is 45.4 Å². The molecule has 33 heavy (non-hydrogen) atoms.